The largest absolute Gasteiger partial charge is 0.350 e. The van der Waals surface area contributed by atoms with Gasteiger partial charge in [-0.1, -0.05) is 20.3 Å². The van der Waals surface area contributed by atoms with E-state index in [2.05, 4.69) is 26.1 Å². The zero-order valence-electron chi connectivity index (χ0n) is 20.5. The van der Waals surface area contributed by atoms with Crippen molar-refractivity contribution in [1.82, 2.24) is 30.7 Å². The molecule has 0 saturated heterocycles. The SMILES string of the molecule is CC[C@H](C)[C@H](NC(C)=O)C(=O)N[C@H]1CCc2ccn3c2C1C(=O)C[C@H](C(=O)NCc1cc[nH]n1)C3. The second-order valence-electron chi connectivity index (χ2n) is 9.72. The minimum Gasteiger partial charge on any atom is -0.350 e. The molecule has 0 spiro atoms. The predicted octanol–water partition coefficient (Wildman–Crippen LogP) is 1.18. The number of aromatic nitrogens is 3. The van der Waals surface area contributed by atoms with Crippen LogP contribution in [0.25, 0.3) is 0 Å². The molecule has 10 heteroatoms. The molecule has 0 fully saturated rings. The fourth-order valence-corrected chi connectivity index (χ4v) is 5.23. The first-order valence-corrected chi connectivity index (χ1v) is 12.3. The zero-order valence-corrected chi connectivity index (χ0v) is 20.5. The lowest BCUT2D eigenvalue weighted by Gasteiger charge is -2.34. The van der Waals surface area contributed by atoms with Crippen LogP contribution in [0.3, 0.4) is 0 Å². The quantitative estimate of drug-likeness (QED) is 0.448. The van der Waals surface area contributed by atoms with E-state index in [1.54, 1.807) is 12.3 Å². The van der Waals surface area contributed by atoms with Gasteiger partial charge in [0.05, 0.1) is 24.1 Å². The van der Waals surface area contributed by atoms with E-state index in [-0.39, 0.29) is 41.9 Å². The number of H-pyrrole nitrogens is 1. The van der Waals surface area contributed by atoms with Crippen LogP contribution in [0.2, 0.25) is 0 Å². The lowest BCUT2D eigenvalue weighted by atomic mass is 9.79. The van der Waals surface area contributed by atoms with Crippen molar-refractivity contribution in [2.45, 2.75) is 77.5 Å². The first-order chi connectivity index (χ1) is 16.8. The predicted molar refractivity (Wildman–Crippen MR) is 128 cm³/mol. The maximum absolute atomic E-state index is 13.5. The first kappa shape index (κ1) is 24.7. The van der Waals surface area contributed by atoms with E-state index in [0.29, 0.717) is 19.5 Å². The lowest BCUT2D eigenvalue weighted by molar-refractivity contribution is -0.132. The van der Waals surface area contributed by atoms with Crippen LogP contribution in [0.5, 0.6) is 0 Å². The van der Waals surface area contributed by atoms with E-state index in [4.69, 9.17) is 0 Å². The Kier molecular flexibility index (Phi) is 7.37. The molecule has 5 atom stereocenters. The number of nitrogens with one attached hydrogen (secondary N) is 4. The second kappa shape index (κ2) is 10.5. The molecular formula is C25H34N6O4. The Hall–Kier alpha value is -3.43. The molecule has 1 aliphatic carbocycles. The van der Waals surface area contributed by atoms with E-state index in [1.165, 1.54) is 6.92 Å². The number of carbonyl (C=O) groups excluding carboxylic acids is 4. The Balaban J connectivity index is 1.52. The van der Waals surface area contributed by atoms with Crippen LogP contribution in [0.4, 0.5) is 0 Å². The molecule has 2 aromatic heterocycles. The van der Waals surface area contributed by atoms with E-state index in [0.717, 1.165) is 29.8 Å². The molecule has 3 amide bonds. The summed E-state index contributed by atoms with van der Waals surface area (Å²) in [5.74, 6) is -1.84. The van der Waals surface area contributed by atoms with Gasteiger partial charge in [0.1, 0.15) is 11.8 Å². The van der Waals surface area contributed by atoms with E-state index in [1.807, 2.05) is 30.7 Å². The van der Waals surface area contributed by atoms with E-state index >= 15 is 0 Å². The zero-order chi connectivity index (χ0) is 25.1. The molecule has 0 aromatic carbocycles. The minimum absolute atomic E-state index is 0.0469. The molecule has 2 aromatic rings. The molecule has 4 rings (SSSR count). The Morgan fingerprint density at radius 1 is 1.29 bits per heavy atom. The van der Waals surface area contributed by atoms with Gasteiger partial charge in [0.15, 0.2) is 0 Å². The molecule has 1 unspecified atom stereocenters. The highest BCUT2D eigenvalue weighted by Gasteiger charge is 2.42. The molecular weight excluding hydrogens is 448 g/mol. The number of hydrogen-bond acceptors (Lipinski definition) is 5. The number of carbonyl (C=O) groups is 4. The smallest absolute Gasteiger partial charge is 0.243 e. The number of rotatable bonds is 8. The Bertz CT molecular complexity index is 1090. The third-order valence-electron chi connectivity index (χ3n) is 7.28. The average molecular weight is 483 g/mol. The summed E-state index contributed by atoms with van der Waals surface area (Å²) in [6.07, 6.45) is 5.83. The maximum atomic E-state index is 13.5. The van der Waals surface area contributed by atoms with Gasteiger partial charge in [-0.2, -0.15) is 5.10 Å². The molecule has 0 radical (unpaired) electrons. The molecule has 2 aliphatic rings. The van der Waals surface area contributed by atoms with Crippen molar-refractivity contribution in [1.29, 1.82) is 0 Å². The van der Waals surface area contributed by atoms with Crippen LogP contribution >= 0.6 is 0 Å². The molecule has 0 bridgehead atoms. The third-order valence-corrected chi connectivity index (χ3v) is 7.28. The van der Waals surface area contributed by atoms with Crippen LogP contribution in [0, 0.1) is 11.8 Å². The van der Waals surface area contributed by atoms with Crippen molar-refractivity contribution >= 4 is 23.5 Å². The number of ketones is 1. The van der Waals surface area contributed by atoms with Gasteiger partial charge in [0.2, 0.25) is 17.7 Å². The van der Waals surface area contributed by atoms with Gasteiger partial charge < -0.3 is 20.5 Å². The van der Waals surface area contributed by atoms with Crippen molar-refractivity contribution < 1.29 is 19.2 Å². The second-order valence-corrected chi connectivity index (χ2v) is 9.72. The number of hydrogen-bond donors (Lipinski definition) is 4. The standard InChI is InChI=1S/C25H34N6O4/c1-4-14(2)22(28-15(3)32)25(35)29-19-6-5-16-8-10-31-13-17(11-20(33)21(19)23(16)31)24(34)26-12-18-7-9-27-30-18/h7-10,14,17,19,21-22H,4-6,11-13H2,1-3H3,(H,26,34)(H,27,30)(H,28,32)(H,29,35)/t14-,17-,19-,21?,22-/m0/s1. The van der Waals surface area contributed by atoms with Gasteiger partial charge in [-0.25, -0.2) is 0 Å². The molecule has 10 nitrogen and oxygen atoms in total. The number of nitrogens with zero attached hydrogens (tertiary/aromatic N) is 2. The van der Waals surface area contributed by atoms with Crippen molar-refractivity contribution in [2.24, 2.45) is 11.8 Å². The molecule has 4 N–H and O–H groups in total. The molecule has 1 aliphatic heterocycles. The van der Waals surface area contributed by atoms with Crippen molar-refractivity contribution in [3.8, 4) is 0 Å². The Morgan fingerprint density at radius 3 is 2.77 bits per heavy atom. The van der Waals surface area contributed by atoms with Crippen LogP contribution in [0.1, 0.15) is 62.9 Å². The highest BCUT2D eigenvalue weighted by Crippen LogP contribution is 2.38. The van der Waals surface area contributed by atoms with Crippen molar-refractivity contribution in [2.75, 3.05) is 0 Å². The number of Topliss-reactive ketones (excluding diaryl/α,β-unsaturated/α-hetero) is 1. The van der Waals surface area contributed by atoms with E-state index < -0.39 is 17.9 Å². The van der Waals surface area contributed by atoms with Crippen LogP contribution in [0.15, 0.2) is 24.5 Å². The number of aryl methyl sites for hydroxylation is 1. The Morgan fingerprint density at radius 2 is 2.09 bits per heavy atom. The molecule has 3 heterocycles. The molecule has 188 valence electrons. The number of aromatic amines is 1. The average Bonchev–Trinajstić information content (AvgIpc) is 3.46. The Labute approximate surface area is 204 Å². The summed E-state index contributed by atoms with van der Waals surface area (Å²) in [5.41, 5.74) is 2.70. The van der Waals surface area contributed by atoms with Gasteiger partial charge >= 0.3 is 0 Å². The lowest BCUT2D eigenvalue weighted by Crippen LogP contribution is -2.54. The fourth-order valence-electron chi connectivity index (χ4n) is 5.23. The summed E-state index contributed by atoms with van der Waals surface area (Å²) < 4.78 is 2.00. The topological polar surface area (TPSA) is 138 Å². The summed E-state index contributed by atoms with van der Waals surface area (Å²) >= 11 is 0. The summed E-state index contributed by atoms with van der Waals surface area (Å²) in [6.45, 7) is 5.99. The van der Waals surface area contributed by atoms with Gasteiger partial charge in [0.25, 0.3) is 0 Å². The monoisotopic (exact) mass is 482 g/mol. The van der Waals surface area contributed by atoms with Crippen LogP contribution < -0.4 is 16.0 Å². The van der Waals surface area contributed by atoms with Crippen LogP contribution in [-0.4, -0.2) is 50.4 Å². The van der Waals surface area contributed by atoms with Crippen molar-refractivity contribution in [3.05, 3.63) is 41.5 Å². The first-order valence-electron chi connectivity index (χ1n) is 12.3. The fraction of sp³-hybridized carbons (Fsp3) is 0.560. The van der Waals surface area contributed by atoms with Crippen LogP contribution in [-0.2, 0) is 38.7 Å². The normalized spacial score (nSPS) is 22.9. The van der Waals surface area contributed by atoms with Gasteiger partial charge in [-0.3, -0.25) is 24.3 Å². The van der Waals surface area contributed by atoms with Gasteiger partial charge in [-0.15, -0.1) is 0 Å². The number of amides is 3. The maximum Gasteiger partial charge on any atom is 0.243 e. The molecule has 0 saturated carbocycles. The minimum atomic E-state index is -0.660. The van der Waals surface area contributed by atoms with E-state index in [9.17, 15) is 19.2 Å². The summed E-state index contributed by atoms with van der Waals surface area (Å²) in [7, 11) is 0. The van der Waals surface area contributed by atoms with Gasteiger partial charge in [0, 0.05) is 44.0 Å². The highest BCUT2D eigenvalue weighted by molar-refractivity contribution is 5.93. The highest BCUT2D eigenvalue weighted by atomic mass is 16.2. The third kappa shape index (κ3) is 5.31. The summed E-state index contributed by atoms with van der Waals surface area (Å²) in [6, 6.07) is 2.75. The molecule has 35 heavy (non-hydrogen) atoms. The summed E-state index contributed by atoms with van der Waals surface area (Å²) in [5, 5.41) is 15.5. The summed E-state index contributed by atoms with van der Waals surface area (Å²) in [4.78, 5) is 51.4. The van der Waals surface area contributed by atoms with Crippen molar-refractivity contribution in [3.63, 3.8) is 0 Å². The van der Waals surface area contributed by atoms with Gasteiger partial charge in [-0.05, 0) is 36.5 Å².